The van der Waals surface area contributed by atoms with Crippen LogP contribution in [0.15, 0.2) is 0 Å². The second-order valence-electron chi connectivity index (χ2n) is 2.24. The van der Waals surface area contributed by atoms with Crippen molar-refractivity contribution in [2.75, 3.05) is 6.61 Å². The van der Waals surface area contributed by atoms with Crippen LogP contribution in [0.1, 0.15) is 20.3 Å². The topological polar surface area (TPSA) is 60.4 Å². The first-order chi connectivity index (χ1) is 5.02. The smallest absolute Gasteiger partial charge is 0.313 e. The van der Waals surface area contributed by atoms with Gasteiger partial charge in [-0.2, -0.15) is 0 Å². The Hall–Kier alpha value is -1.19. The molecule has 0 spiro atoms. The van der Waals surface area contributed by atoms with Crippen LogP contribution in [0, 0.1) is 0 Å². The molecule has 0 radical (unpaired) electrons. The Morgan fingerprint density at radius 1 is 1.09 bits per heavy atom. The minimum absolute atomic E-state index is 0.234. The van der Waals surface area contributed by atoms with Crippen molar-refractivity contribution in [1.29, 1.82) is 0 Å². The van der Waals surface area contributed by atoms with Gasteiger partial charge in [0.2, 0.25) is 0 Å². The summed E-state index contributed by atoms with van der Waals surface area (Å²) in [5.74, 6) is -1.15. The summed E-state index contributed by atoms with van der Waals surface area (Å²) in [6, 6.07) is 0. The highest BCUT2D eigenvalue weighted by Gasteiger charge is 2.06. The molecule has 0 unspecified atom stereocenters. The van der Waals surface area contributed by atoms with Gasteiger partial charge in [-0.05, 0) is 13.8 Å². The SMILES string of the molecule is CC(=O)COC(=O)CC(C)=O. The van der Waals surface area contributed by atoms with E-state index in [1.807, 2.05) is 0 Å². The molecule has 62 valence electrons. The lowest BCUT2D eigenvalue weighted by atomic mass is 10.3. The number of ether oxygens (including phenoxy) is 1. The van der Waals surface area contributed by atoms with E-state index in [1.165, 1.54) is 13.8 Å². The first-order valence-corrected chi connectivity index (χ1v) is 3.17. The van der Waals surface area contributed by atoms with Gasteiger partial charge in [0.1, 0.15) is 18.8 Å². The van der Waals surface area contributed by atoms with E-state index in [2.05, 4.69) is 4.74 Å². The number of Topliss-reactive ketones (excluding diaryl/α,β-unsaturated/α-hetero) is 2. The van der Waals surface area contributed by atoms with E-state index in [1.54, 1.807) is 0 Å². The highest BCUT2D eigenvalue weighted by molar-refractivity contribution is 5.94. The molecule has 0 heterocycles. The predicted octanol–water partition coefficient (Wildman–Crippen LogP) is 0.0977. The number of esters is 1. The van der Waals surface area contributed by atoms with Crippen molar-refractivity contribution in [3.8, 4) is 0 Å². The fraction of sp³-hybridized carbons (Fsp3) is 0.571. The molecule has 0 aliphatic carbocycles. The second kappa shape index (κ2) is 4.60. The number of hydrogen-bond acceptors (Lipinski definition) is 4. The molecule has 0 rings (SSSR count). The van der Waals surface area contributed by atoms with Gasteiger partial charge >= 0.3 is 5.97 Å². The normalized spacial score (nSPS) is 8.91. The van der Waals surface area contributed by atoms with Gasteiger partial charge in [-0.25, -0.2) is 0 Å². The number of rotatable bonds is 4. The molecule has 0 aromatic rings. The third kappa shape index (κ3) is 6.70. The molecule has 4 heteroatoms. The first kappa shape index (κ1) is 9.81. The number of carbonyl (C=O) groups excluding carboxylic acids is 3. The van der Waals surface area contributed by atoms with Crippen LogP contribution >= 0.6 is 0 Å². The van der Waals surface area contributed by atoms with Crippen LogP contribution < -0.4 is 0 Å². The summed E-state index contributed by atoms with van der Waals surface area (Å²) in [6.07, 6.45) is -0.257. The van der Waals surface area contributed by atoms with Crippen LogP contribution in [0.2, 0.25) is 0 Å². The Morgan fingerprint density at radius 2 is 1.64 bits per heavy atom. The molecule has 0 saturated heterocycles. The summed E-state index contributed by atoms with van der Waals surface area (Å²) >= 11 is 0. The third-order valence-corrected chi connectivity index (χ3v) is 0.830. The number of ketones is 2. The van der Waals surface area contributed by atoms with E-state index >= 15 is 0 Å². The van der Waals surface area contributed by atoms with Crippen molar-refractivity contribution >= 4 is 17.5 Å². The second-order valence-corrected chi connectivity index (χ2v) is 2.24. The molecule has 4 nitrogen and oxygen atoms in total. The molecule has 0 atom stereocenters. The average Bonchev–Trinajstić information content (AvgIpc) is 1.82. The predicted molar refractivity (Wildman–Crippen MR) is 36.9 cm³/mol. The molecular weight excluding hydrogens is 148 g/mol. The van der Waals surface area contributed by atoms with Crippen LogP contribution in [0.3, 0.4) is 0 Å². The van der Waals surface area contributed by atoms with Gasteiger partial charge in [0.05, 0.1) is 0 Å². The van der Waals surface area contributed by atoms with Crippen LogP contribution in [-0.4, -0.2) is 24.1 Å². The fourth-order valence-corrected chi connectivity index (χ4v) is 0.436. The quantitative estimate of drug-likeness (QED) is 0.430. The molecule has 0 aliphatic rings. The monoisotopic (exact) mass is 158 g/mol. The van der Waals surface area contributed by atoms with Crippen molar-refractivity contribution in [1.82, 2.24) is 0 Å². The molecule has 11 heavy (non-hydrogen) atoms. The maximum Gasteiger partial charge on any atom is 0.313 e. The Bertz CT molecular complexity index is 183. The summed E-state index contributed by atoms with van der Waals surface area (Å²) in [4.78, 5) is 31.1. The Morgan fingerprint density at radius 3 is 2.00 bits per heavy atom. The molecule has 0 aliphatic heterocycles. The third-order valence-electron chi connectivity index (χ3n) is 0.830. The summed E-state index contributed by atoms with van der Waals surface area (Å²) in [5, 5.41) is 0. The lowest BCUT2D eigenvalue weighted by Gasteiger charge is -1.98. The van der Waals surface area contributed by atoms with Gasteiger partial charge in [0, 0.05) is 0 Å². The molecule has 0 bridgehead atoms. The van der Waals surface area contributed by atoms with Crippen molar-refractivity contribution < 1.29 is 19.1 Å². The number of hydrogen-bond donors (Lipinski definition) is 0. The van der Waals surface area contributed by atoms with Crippen molar-refractivity contribution in [2.24, 2.45) is 0 Å². The van der Waals surface area contributed by atoms with Gasteiger partial charge in [-0.3, -0.25) is 14.4 Å². The summed E-state index contributed by atoms with van der Waals surface area (Å²) < 4.78 is 4.40. The minimum Gasteiger partial charge on any atom is -0.457 e. The lowest BCUT2D eigenvalue weighted by Crippen LogP contribution is -2.13. The van der Waals surface area contributed by atoms with Crippen LogP contribution in [0.4, 0.5) is 0 Å². The highest BCUT2D eigenvalue weighted by atomic mass is 16.5. The molecule has 0 aromatic heterocycles. The lowest BCUT2D eigenvalue weighted by molar-refractivity contribution is -0.149. The zero-order chi connectivity index (χ0) is 8.85. The van der Waals surface area contributed by atoms with Crippen molar-refractivity contribution in [3.05, 3.63) is 0 Å². The van der Waals surface area contributed by atoms with E-state index in [-0.39, 0.29) is 24.6 Å². The molecule has 0 amide bonds. The average molecular weight is 158 g/mol. The van der Waals surface area contributed by atoms with Crippen molar-refractivity contribution in [3.63, 3.8) is 0 Å². The molecular formula is C7H10O4. The van der Waals surface area contributed by atoms with Gasteiger partial charge in [0.25, 0.3) is 0 Å². The molecule has 0 fully saturated rings. The van der Waals surface area contributed by atoms with E-state index in [9.17, 15) is 14.4 Å². The summed E-state index contributed by atoms with van der Waals surface area (Å²) in [5.41, 5.74) is 0. The van der Waals surface area contributed by atoms with E-state index in [0.717, 1.165) is 0 Å². The zero-order valence-corrected chi connectivity index (χ0v) is 6.55. The van der Waals surface area contributed by atoms with Crippen LogP contribution in [0.5, 0.6) is 0 Å². The highest BCUT2D eigenvalue weighted by Crippen LogP contribution is 1.87. The summed E-state index contributed by atoms with van der Waals surface area (Å²) in [7, 11) is 0. The van der Waals surface area contributed by atoms with E-state index in [0.29, 0.717) is 0 Å². The van der Waals surface area contributed by atoms with Gasteiger partial charge in [0.15, 0.2) is 5.78 Å². The molecule has 0 saturated carbocycles. The van der Waals surface area contributed by atoms with E-state index in [4.69, 9.17) is 0 Å². The largest absolute Gasteiger partial charge is 0.457 e. The molecule has 0 aromatic carbocycles. The zero-order valence-electron chi connectivity index (χ0n) is 6.55. The van der Waals surface area contributed by atoms with Crippen LogP contribution in [-0.2, 0) is 19.1 Å². The Balaban J connectivity index is 3.53. The van der Waals surface area contributed by atoms with Crippen LogP contribution in [0.25, 0.3) is 0 Å². The van der Waals surface area contributed by atoms with Gasteiger partial charge in [-0.15, -0.1) is 0 Å². The first-order valence-electron chi connectivity index (χ1n) is 3.17. The van der Waals surface area contributed by atoms with E-state index < -0.39 is 5.97 Å². The van der Waals surface area contributed by atoms with Gasteiger partial charge in [-0.1, -0.05) is 0 Å². The Labute approximate surface area is 64.5 Å². The Kier molecular flexibility index (Phi) is 4.10. The standard InChI is InChI=1S/C7H10O4/c1-5(8)3-7(10)11-4-6(2)9/h3-4H2,1-2H3. The maximum absolute atomic E-state index is 10.6. The maximum atomic E-state index is 10.6. The van der Waals surface area contributed by atoms with Crippen molar-refractivity contribution in [2.45, 2.75) is 20.3 Å². The fourth-order valence-electron chi connectivity index (χ4n) is 0.436. The summed E-state index contributed by atoms with van der Waals surface area (Å²) in [6.45, 7) is 2.35. The van der Waals surface area contributed by atoms with Gasteiger partial charge < -0.3 is 4.74 Å². The molecule has 0 N–H and O–H groups in total. The minimum atomic E-state index is -0.646. The number of carbonyl (C=O) groups is 3.